The molecule has 5 rings (SSSR count). The van der Waals surface area contributed by atoms with Crippen molar-refractivity contribution in [1.82, 2.24) is 5.32 Å². The molecule has 4 bridgehead atoms. The van der Waals surface area contributed by atoms with Gasteiger partial charge in [-0.2, -0.15) is 0 Å². The molecular weight excluding hydrogens is 162 g/mol. The highest BCUT2D eigenvalue weighted by molar-refractivity contribution is 5.12. The van der Waals surface area contributed by atoms with Crippen LogP contribution in [0.25, 0.3) is 0 Å². The molecule has 1 saturated heterocycles. The second-order valence-electron chi connectivity index (χ2n) is 5.64. The Hall–Kier alpha value is -0.0800. The van der Waals surface area contributed by atoms with Crippen LogP contribution >= 0.6 is 0 Å². The molecule has 1 heterocycles. The van der Waals surface area contributed by atoms with E-state index in [1.54, 1.807) is 0 Å². The third kappa shape index (κ3) is 0.774. The van der Waals surface area contributed by atoms with E-state index in [1.807, 2.05) is 0 Å². The Kier molecular flexibility index (Phi) is 1.18. The van der Waals surface area contributed by atoms with Crippen molar-refractivity contribution in [2.45, 2.75) is 43.7 Å². The molecule has 4 saturated carbocycles. The van der Waals surface area contributed by atoms with E-state index in [2.05, 4.69) is 5.32 Å². The van der Waals surface area contributed by atoms with E-state index in [1.165, 1.54) is 32.1 Å². The van der Waals surface area contributed by atoms with Crippen molar-refractivity contribution >= 4 is 0 Å². The lowest BCUT2D eigenvalue weighted by atomic mass is 9.52. The quantitative estimate of drug-likeness (QED) is 0.608. The van der Waals surface area contributed by atoms with Gasteiger partial charge in [0.1, 0.15) is 0 Å². The third-order valence-electron chi connectivity index (χ3n) is 4.91. The molecule has 0 aromatic rings. The molecule has 0 aromatic heterocycles. The highest BCUT2D eigenvalue weighted by Gasteiger charge is 2.59. The van der Waals surface area contributed by atoms with Crippen LogP contribution in [0.5, 0.6) is 0 Å². The maximum atomic E-state index is 6.01. The first-order chi connectivity index (χ1) is 6.36. The summed E-state index contributed by atoms with van der Waals surface area (Å²) in [5.41, 5.74) is 0.300. The molecule has 1 aliphatic heterocycles. The van der Waals surface area contributed by atoms with Crippen LogP contribution in [0.4, 0.5) is 0 Å². The molecule has 2 nitrogen and oxygen atoms in total. The lowest BCUT2D eigenvalue weighted by molar-refractivity contribution is -0.133. The average molecular weight is 179 g/mol. The highest BCUT2D eigenvalue weighted by Crippen LogP contribution is 2.58. The summed E-state index contributed by atoms with van der Waals surface area (Å²) < 4.78 is 6.01. The van der Waals surface area contributed by atoms with Gasteiger partial charge in [-0.05, 0) is 49.9 Å². The molecule has 4 aliphatic carbocycles. The molecule has 0 aromatic carbocycles. The topological polar surface area (TPSA) is 21.3 Å². The van der Waals surface area contributed by atoms with Crippen molar-refractivity contribution < 1.29 is 4.74 Å². The largest absolute Gasteiger partial charge is 0.358 e. The second-order valence-corrected chi connectivity index (χ2v) is 5.64. The summed E-state index contributed by atoms with van der Waals surface area (Å²) in [6.45, 7) is 0.820. The Labute approximate surface area is 79.0 Å². The van der Waals surface area contributed by atoms with Gasteiger partial charge in [0.05, 0.1) is 12.3 Å². The lowest BCUT2D eigenvalue weighted by Gasteiger charge is -2.57. The van der Waals surface area contributed by atoms with Gasteiger partial charge in [-0.15, -0.1) is 0 Å². The maximum absolute atomic E-state index is 6.01. The predicted octanol–water partition coefficient (Wildman–Crippen LogP) is 1.51. The molecule has 0 radical (unpaired) electrons. The van der Waals surface area contributed by atoms with E-state index in [0.717, 1.165) is 30.5 Å². The number of hydrogen-bond acceptors (Lipinski definition) is 2. The SMILES string of the molecule is C1NC2C3CC4CC(C3)CC2(C4)O1. The predicted molar refractivity (Wildman–Crippen MR) is 49.2 cm³/mol. The van der Waals surface area contributed by atoms with Crippen molar-refractivity contribution in [3.63, 3.8) is 0 Å². The minimum Gasteiger partial charge on any atom is -0.358 e. The molecule has 3 atom stereocenters. The van der Waals surface area contributed by atoms with Crippen LogP contribution < -0.4 is 5.32 Å². The molecule has 1 spiro atoms. The zero-order valence-corrected chi connectivity index (χ0v) is 7.96. The van der Waals surface area contributed by atoms with Gasteiger partial charge in [-0.25, -0.2) is 0 Å². The summed E-state index contributed by atoms with van der Waals surface area (Å²) in [7, 11) is 0. The van der Waals surface area contributed by atoms with Crippen molar-refractivity contribution in [3.05, 3.63) is 0 Å². The Morgan fingerprint density at radius 3 is 2.62 bits per heavy atom. The van der Waals surface area contributed by atoms with Gasteiger partial charge in [-0.3, -0.25) is 5.32 Å². The van der Waals surface area contributed by atoms with Crippen molar-refractivity contribution in [2.75, 3.05) is 6.73 Å². The number of hydrogen-bond donors (Lipinski definition) is 1. The lowest BCUT2D eigenvalue weighted by Crippen LogP contribution is -2.61. The van der Waals surface area contributed by atoms with Crippen LogP contribution in [0.15, 0.2) is 0 Å². The third-order valence-corrected chi connectivity index (χ3v) is 4.91. The first-order valence-electron chi connectivity index (χ1n) is 5.73. The fraction of sp³-hybridized carbons (Fsp3) is 1.00. The van der Waals surface area contributed by atoms with Crippen LogP contribution in [-0.2, 0) is 4.74 Å². The van der Waals surface area contributed by atoms with E-state index >= 15 is 0 Å². The molecule has 2 heteroatoms. The first-order valence-corrected chi connectivity index (χ1v) is 5.73. The van der Waals surface area contributed by atoms with E-state index in [9.17, 15) is 0 Å². The maximum Gasteiger partial charge on any atom is 0.0976 e. The van der Waals surface area contributed by atoms with Gasteiger partial charge in [-0.1, -0.05) is 0 Å². The van der Waals surface area contributed by atoms with Crippen molar-refractivity contribution in [1.29, 1.82) is 0 Å². The van der Waals surface area contributed by atoms with Gasteiger partial charge in [0.15, 0.2) is 0 Å². The van der Waals surface area contributed by atoms with Gasteiger partial charge in [0, 0.05) is 6.04 Å². The molecule has 5 fully saturated rings. The minimum atomic E-state index is 0.300. The summed E-state index contributed by atoms with van der Waals surface area (Å²) in [5.74, 6) is 2.97. The minimum absolute atomic E-state index is 0.300. The Morgan fingerprint density at radius 2 is 1.85 bits per heavy atom. The Bertz CT molecular complexity index is 238. The highest BCUT2D eigenvalue weighted by atomic mass is 16.5. The first kappa shape index (κ1) is 7.24. The Balaban J connectivity index is 1.80. The van der Waals surface area contributed by atoms with E-state index < -0.39 is 0 Å². The van der Waals surface area contributed by atoms with E-state index in [0.29, 0.717) is 5.60 Å². The fourth-order valence-corrected chi connectivity index (χ4v) is 4.80. The van der Waals surface area contributed by atoms with Crippen LogP contribution in [0.3, 0.4) is 0 Å². The van der Waals surface area contributed by atoms with Crippen LogP contribution in [0.1, 0.15) is 32.1 Å². The van der Waals surface area contributed by atoms with Crippen LogP contribution in [0.2, 0.25) is 0 Å². The molecule has 72 valence electrons. The standard InChI is InChI=1S/C11H17NO/c1-7-2-9-3-8(1)5-11(4-7)10(9)12-6-13-11/h7-10,12H,1-6H2. The van der Waals surface area contributed by atoms with Gasteiger partial charge >= 0.3 is 0 Å². The molecule has 1 N–H and O–H groups in total. The number of rotatable bonds is 0. The monoisotopic (exact) mass is 179 g/mol. The number of ether oxygens (including phenoxy) is 1. The van der Waals surface area contributed by atoms with Gasteiger partial charge < -0.3 is 4.74 Å². The van der Waals surface area contributed by atoms with Gasteiger partial charge in [0.2, 0.25) is 0 Å². The summed E-state index contributed by atoms with van der Waals surface area (Å²) in [6.07, 6.45) is 7.20. The molecular formula is C11H17NO. The smallest absolute Gasteiger partial charge is 0.0976 e. The summed E-state index contributed by atoms with van der Waals surface area (Å²) in [5, 5.41) is 3.57. The number of nitrogens with one attached hydrogen (secondary N) is 1. The summed E-state index contributed by atoms with van der Waals surface area (Å²) >= 11 is 0. The second kappa shape index (κ2) is 2.12. The zero-order chi connectivity index (χ0) is 8.47. The molecule has 13 heavy (non-hydrogen) atoms. The average Bonchev–Trinajstić information content (AvgIpc) is 2.46. The Morgan fingerprint density at radius 1 is 1.08 bits per heavy atom. The molecule has 5 aliphatic rings. The molecule has 3 unspecified atom stereocenters. The van der Waals surface area contributed by atoms with Gasteiger partial charge in [0.25, 0.3) is 0 Å². The van der Waals surface area contributed by atoms with Crippen molar-refractivity contribution in [2.24, 2.45) is 17.8 Å². The summed E-state index contributed by atoms with van der Waals surface area (Å²) in [4.78, 5) is 0. The molecule has 0 amide bonds. The zero-order valence-electron chi connectivity index (χ0n) is 7.96. The van der Waals surface area contributed by atoms with Crippen LogP contribution in [0, 0.1) is 17.8 Å². The van der Waals surface area contributed by atoms with E-state index in [4.69, 9.17) is 4.74 Å². The van der Waals surface area contributed by atoms with E-state index in [-0.39, 0.29) is 0 Å². The van der Waals surface area contributed by atoms with Crippen LogP contribution in [-0.4, -0.2) is 18.4 Å². The van der Waals surface area contributed by atoms with Crippen molar-refractivity contribution in [3.8, 4) is 0 Å². The summed E-state index contributed by atoms with van der Waals surface area (Å²) in [6, 6.07) is 0.722. The normalized spacial score (nSPS) is 62.8. The fourth-order valence-electron chi connectivity index (χ4n) is 4.80.